The van der Waals surface area contributed by atoms with Gasteiger partial charge in [0.1, 0.15) is 0 Å². The molecule has 1 N–H and O–H groups in total. The molecule has 2 rings (SSSR count). The third-order valence-corrected chi connectivity index (χ3v) is 4.25. The van der Waals surface area contributed by atoms with E-state index in [4.69, 9.17) is 5.11 Å². The second kappa shape index (κ2) is 5.36. The first-order chi connectivity index (χ1) is 8.86. The van der Waals surface area contributed by atoms with E-state index in [1.807, 2.05) is 0 Å². The molecule has 1 unspecified atom stereocenters. The Morgan fingerprint density at radius 1 is 1.21 bits per heavy atom. The predicted molar refractivity (Wildman–Crippen MR) is 77.5 cm³/mol. The molecule has 2 nitrogen and oxygen atoms in total. The average molecular weight is 260 g/mol. The van der Waals surface area contributed by atoms with Crippen LogP contribution in [0.15, 0.2) is 24.3 Å². The minimum Gasteiger partial charge on any atom is -0.481 e. The van der Waals surface area contributed by atoms with Gasteiger partial charge in [-0.3, -0.25) is 4.79 Å². The summed E-state index contributed by atoms with van der Waals surface area (Å²) in [5.74, 6) is 0.261. The third-order valence-electron chi connectivity index (χ3n) is 4.25. The van der Waals surface area contributed by atoms with Gasteiger partial charge >= 0.3 is 5.97 Å². The Morgan fingerprint density at radius 2 is 1.84 bits per heavy atom. The molecule has 0 heterocycles. The fourth-order valence-corrected chi connectivity index (χ4v) is 3.07. The first-order valence-electron chi connectivity index (χ1n) is 7.18. The van der Waals surface area contributed by atoms with E-state index < -0.39 is 5.97 Å². The number of carbonyl (C=O) groups is 1. The predicted octanol–water partition coefficient (Wildman–Crippen LogP) is 4.34. The third kappa shape index (κ3) is 3.59. The molecule has 1 saturated carbocycles. The second-order valence-electron chi connectivity index (χ2n) is 6.85. The van der Waals surface area contributed by atoms with Crippen LogP contribution in [-0.4, -0.2) is 11.1 Å². The van der Waals surface area contributed by atoms with Gasteiger partial charge in [0.25, 0.3) is 0 Å². The van der Waals surface area contributed by atoms with Crippen molar-refractivity contribution in [3.63, 3.8) is 0 Å². The van der Waals surface area contributed by atoms with Gasteiger partial charge in [0, 0.05) is 6.42 Å². The minimum atomic E-state index is -0.659. The van der Waals surface area contributed by atoms with Crippen molar-refractivity contribution in [2.75, 3.05) is 0 Å². The number of hydrogen-bond acceptors (Lipinski definition) is 1. The van der Waals surface area contributed by atoms with Crippen molar-refractivity contribution in [1.29, 1.82) is 0 Å². The van der Waals surface area contributed by atoms with Gasteiger partial charge in [0.15, 0.2) is 0 Å². The number of carboxylic acids is 1. The van der Waals surface area contributed by atoms with E-state index >= 15 is 0 Å². The molecular formula is C17H24O2. The quantitative estimate of drug-likeness (QED) is 0.877. The Balaban J connectivity index is 2.02. The number of carboxylic acid groups (broad SMARTS) is 1. The maximum atomic E-state index is 10.8. The van der Waals surface area contributed by atoms with Gasteiger partial charge in [-0.15, -0.1) is 0 Å². The highest BCUT2D eigenvalue weighted by molar-refractivity contribution is 5.67. The summed E-state index contributed by atoms with van der Waals surface area (Å²) >= 11 is 0. The fourth-order valence-electron chi connectivity index (χ4n) is 3.07. The summed E-state index contributed by atoms with van der Waals surface area (Å²) in [6.45, 7) is 6.67. The lowest BCUT2D eigenvalue weighted by Crippen LogP contribution is -2.11. The molecule has 104 valence electrons. The Kier molecular flexibility index (Phi) is 3.98. The average Bonchev–Trinajstić information content (AvgIpc) is 2.75. The summed E-state index contributed by atoms with van der Waals surface area (Å²) in [5.41, 5.74) is 2.93. The Bertz CT molecular complexity index is 439. The van der Waals surface area contributed by atoms with Gasteiger partial charge in [-0.1, -0.05) is 45.0 Å². The van der Waals surface area contributed by atoms with Gasteiger partial charge in [-0.2, -0.15) is 0 Å². The van der Waals surface area contributed by atoms with Crippen molar-refractivity contribution >= 4 is 5.97 Å². The number of hydrogen-bond donors (Lipinski definition) is 1. The van der Waals surface area contributed by atoms with Crippen LogP contribution in [0.4, 0.5) is 0 Å². The van der Waals surface area contributed by atoms with E-state index in [1.165, 1.54) is 11.1 Å². The lowest BCUT2D eigenvalue weighted by molar-refractivity contribution is -0.138. The largest absolute Gasteiger partial charge is 0.481 e. The van der Waals surface area contributed by atoms with Crippen LogP contribution in [0.5, 0.6) is 0 Å². The molecule has 1 aliphatic rings. The molecule has 1 aromatic carbocycles. The molecule has 1 aliphatic carbocycles. The standard InChI is InChI=1S/C17H24O2/c1-17(2,3)15-8-6-13(7-9-15)14-5-4-12(10-14)11-16(18)19/h6-9,12,14H,4-5,10-11H2,1-3H3,(H,18,19)/t12?,14-/m0/s1. The molecule has 0 bridgehead atoms. The number of aliphatic carboxylic acids is 1. The SMILES string of the molecule is CC(C)(C)c1ccc([C@H]2CCC(CC(=O)O)C2)cc1. The lowest BCUT2D eigenvalue weighted by Gasteiger charge is -2.20. The first kappa shape index (κ1) is 14.1. The Labute approximate surface area is 115 Å². The van der Waals surface area contributed by atoms with Crippen molar-refractivity contribution in [2.45, 2.75) is 57.8 Å². The summed E-state index contributed by atoms with van der Waals surface area (Å²) in [6.07, 6.45) is 3.54. The van der Waals surface area contributed by atoms with Crippen LogP contribution < -0.4 is 0 Å². The molecule has 1 aromatic rings. The zero-order valence-corrected chi connectivity index (χ0v) is 12.1. The lowest BCUT2D eigenvalue weighted by atomic mass is 9.85. The highest BCUT2D eigenvalue weighted by Crippen LogP contribution is 2.40. The van der Waals surface area contributed by atoms with Crippen LogP contribution in [0.2, 0.25) is 0 Å². The van der Waals surface area contributed by atoms with Crippen LogP contribution in [0.25, 0.3) is 0 Å². The maximum Gasteiger partial charge on any atom is 0.303 e. The normalized spacial score (nSPS) is 23.5. The smallest absolute Gasteiger partial charge is 0.303 e. The second-order valence-corrected chi connectivity index (χ2v) is 6.85. The molecule has 2 heteroatoms. The highest BCUT2D eigenvalue weighted by Gasteiger charge is 2.27. The summed E-state index contributed by atoms with van der Waals surface area (Å²) in [6, 6.07) is 8.91. The summed E-state index contributed by atoms with van der Waals surface area (Å²) in [4.78, 5) is 10.8. The molecule has 1 fully saturated rings. The summed E-state index contributed by atoms with van der Waals surface area (Å²) in [7, 11) is 0. The summed E-state index contributed by atoms with van der Waals surface area (Å²) in [5, 5.41) is 8.86. The van der Waals surface area contributed by atoms with Crippen molar-refractivity contribution in [2.24, 2.45) is 5.92 Å². The van der Waals surface area contributed by atoms with Crippen LogP contribution >= 0.6 is 0 Å². The zero-order chi connectivity index (χ0) is 14.0. The van der Waals surface area contributed by atoms with Crippen molar-refractivity contribution in [1.82, 2.24) is 0 Å². The van der Waals surface area contributed by atoms with Crippen LogP contribution in [-0.2, 0) is 10.2 Å². The Morgan fingerprint density at radius 3 is 2.37 bits per heavy atom. The maximum absolute atomic E-state index is 10.8. The van der Waals surface area contributed by atoms with Crippen molar-refractivity contribution in [3.8, 4) is 0 Å². The number of benzene rings is 1. The van der Waals surface area contributed by atoms with Gasteiger partial charge in [0.05, 0.1) is 0 Å². The highest BCUT2D eigenvalue weighted by atomic mass is 16.4. The fraction of sp³-hybridized carbons (Fsp3) is 0.588. The van der Waals surface area contributed by atoms with Gasteiger partial charge in [-0.25, -0.2) is 0 Å². The van der Waals surface area contributed by atoms with Crippen LogP contribution in [0.3, 0.4) is 0 Å². The molecular weight excluding hydrogens is 236 g/mol. The van der Waals surface area contributed by atoms with Gasteiger partial charge in [-0.05, 0) is 47.6 Å². The van der Waals surface area contributed by atoms with Gasteiger partial charge < -0.3 is 5.11 Å². The van der Waals surface area contributed by atoms with E-state index in [0.29, 0.717) is 18.3 Å². The Hall–Kier alpha value is -1.31. The molecule has 0 amide bonds. The first-order valence-corrected chi connectivity index (χ1v) is 7.18. The monoisotopic (exact) mass is 260 g/mol. The summed E-state index contributed by atoms with van der Waals surface area (Å²) < 4.78 is 0. The number of rotatable bonds is 3. The van der Waals surface area contributed by atoms with E-state index in [-0.39, 0.29) is 5.41 Å². The van der Waals surface area contributed by atoms with E-state index in [0.717, 1.165) is 19.3 Å². The van der Waals surface area contributed by atoms with E-state index in [2.05, 4.69) is 45.0 Å². The van der Waals surface area contributed by atoms with Gasteiger partial charge in [0.2, 0.25) is 0 Å². The molecule has 0 saturated heterocycles. The van der Waals surface area contributed by atoms with Crippen LogP contribution in [0.1, 0.15) is 63.5 Å². The van der Waals surface area contributed by atoms with E-state index in [9.17, 15) is 4.79 Å². The minimum absolute atomic E-state index is 0.194. The topological polar surface area (TPSA) is 37.3 Å². The van der Waals surface area contributed by atoms with E-state index in [1.54, 1.807) is 0 Å². The van der Waals surface area contributed by atoms with Crippen molar-refractivity contribution < 1.29 is 9.90 Å². The molecule has 0 aliphatic heterocycles. The van der Waals surface area contributed by atoms with Crippen LogP contribution in [0, 0.1) is 5.92 Å². The molecule has 2 atom stereocenters. The van der Waals surface area contributed by atoms with Crippen molar-refractivity contribution in [3.05, 3.63) is 35.4 Å². The molecule has 0 aromatic heterocycles. The molecule has 0 spiro atoms. The zero-order valence-electron chi connectivity index (χ0n) is 12.1. The molecule has 19 heavy (non-hydrogen) atoms. The molecule has 0 radical (unpaired) electrons.